The molecule has 4 aromatic carbocycles. The summed E-state index contributed by atoms with van der Waals surface area (Å²) in [7, 11) is 0. The zero-order chi connectivity index (χ0) is 25.7. The highest BCUT2D eigenvalue weighted by molar-refractivity contribution is 8.00. The van der Waals surface area contributed by atoms with Crippen LogP contribution in [0.1, 0.15) is 29.5 Å². The Morgan fingerprint density at radius 1 is 0.865 bits per heavy atom. The predicted molar refractivity (Wildman–Crippen MR) is 147 cm³/mol. The Bertz CT molecular complexity index is 1540. The molecular formula is C28H22ClN3O4S. The van der Waals surface area contributed by atoms with Gasteiger partial charge in [0.25, 0.3) is 11.4 Å². The summed E-state index contributed by atoms with van der Waals surface area (Å²) < 4.78 is 0. The van der Waals surface area contributed by atoms with Crippen molar-refractivity contribution in [3.8, 4) is 0 Å². The molecule has 0 amide bonds. The average Bonchev–Trinajstić information content (AvgIpc) is 3.23. The molecule has 0 bridgehead atoms. The number of nitrogens with one attached hydrogen (secondary N) is 1. The quantitative estimate of drug-likeness (QED) is 0.161. The molecule has 1 fully saturated rings. The van der Waals surface area contributed by atoms with Gasteiger partial charge in [0.05, 0.1) is 26.2 Å². The fourth-order valence-corrected chi connectivity index (χ4v) is 7.86. The number of halogens is 1. The number of hydrogen-bond acceptors (Lipinski definition) is 6. The van der Waals surface area contributed by atoms with Crippen molar-refractivity contribution in [1.29, 1.82) is 0 Å². The second kappa shape index (κ2) is 9.36. The van der Waals surface area contributed by atoms with Gasteiger partial charge >= 0.3 is 0 Å². The minimum Gasteiger partial charge on any atom is -0.378 e. The topological polar surface area (TPSA) is 98.3 Å². The summed E-state index contributed by atoms with van der Waals surface area (Å²) in [6.07, 6.45) is 0.707. The number of thioether (sulfide) groups is 1. The van der Waals surface area contributed by atoms with Gasteiger partial charge in [0.1, 0.15) is 0 Å². The Kier molecular flexibility index (Phi) is 6.01. The second-order valence-corrected chi connectivity index (χ2v) is 11.3. The van der Waals surface area contributed by atoms with Gasteiger partial charge in [-0.05, 0) is 46.4 Å². The van der Waals surface area contributed by atoms with Crippen LogP contribution in [0.4, 0.5) is 17.1 Å². The minimum absolute atomic E-state index is 0.0292. The van der Waals surface area contributed by atoms with Crippen LogP contribution in [0, 0.1) is 26.1 Å². The van der Waals surface area contributed by atoms with Gasteiger partial charge < -0.3 is 5.32 Å². The lowest BCUT2D eigenvalue weighted by atomic mass is 9.76. The van der Waals surface area contributed by atoms with E-state index in [9.17, 15) is 20.2 Å². The summed E-state index contributed by atoms with van der Waals surface area (Å²) in [5.41, 5.74) is 2.91. The van der Waals surface area contributed by atoms with Crippen LogP contribution in [0.2, 0.25) is 0 Å². The number of alkyl halides is 1. The number of fused-ring (bicyclic) bond motifs is 4. The fraction of sp³-hybridized carbons (Fsp3) is 0.214. The minimum atomic E-state index is -0.385. The molecule has 0 aromatic heterocycles. The third kappa shape index (κ3) is 4.10. The zero-order valence-electron chi connectivity index (χ0n) is 19.5. The van der Waals surface area contributed by atoms with Crippen molar-refractivity contribution in [2.75, 3.05) is 5.32 Å². The number of nitro benzene ring substituents is 2. The lowest BCUT2D eigenvalue weighted by molar-refractivity contribution is -0.387. The van der Waals surface area contributed by atoms with Crippen LogP contribution >= 0.6 is 23.4 Å². The lowest BCUT2D eigenvalue weighted by Gasteiger charge is -2.38. The number of nitrogens with zero attached hydrogens (tertiary/aromatic N) is 2. The highest BCUT2D eigenvalue weighted by atomic mass is 35.5. The highest BCUT2D eigenvalue weighted by Gasteiger charge is 2.51. The molecule has 5 atom stereocenters. The second-order valence-electron chi connectivity index (χ2n) is 9.47. The lowest BCUT2D eigenvalue weighted by Crippen LogP contribution is -2.31. The van der Waals surface area contributed by atoms with Gasteiger partial charge in [-0.15, -0.1) is 23.4 Å². The van der Waals surface area contributed by atoms with Crippen molar-refractivity contribution in [2.45, 2.75) is 33.9 Å². The molecule has 7 nitrogen and oxygen atoms in total. The van der Waals surface area contributed by atoms with Crippen LogP contribution in [0.15, 0.2) is 89.8 Å². The highest BCUT2D eigenvalue weighted by Crippen LogP contribution is 2.58. The molecule has 186 valence electrons. The van der Waals surface area contributed by atoms with Gasteiger partial charge in [-0.2, -0.15) is 0 Å². The number of benzene rings is 4. The summed E-state index contributed by atoms with van der Waals surface area (Å²) in [4.78, 5) is 23.0. The zero-order valence-corrected chi connectivity index (χ0v) is 21.1. The van der Waals surface area contributed by atoms with E-state index >= 15 is 0 Å². The molecule has 1 aliphatic carbocycles. The Morgan fingerprint density at radius 3 is 2.43 bits per heavy atom. The molecule has 0 radical (unpaired) electrons. The Labute approximate surface area is 222 Å². The normalized spacial score (nSPS) is 24.2. The average molecular weight is 532 g/mol. The molecule has 9 heteroatoms. The summed E-state index contributed by atoms with van der Waals surface area (Å²) in [6, 6.07) is 26.1. The van der Waals surface area contributed by atoms with Gasteiger partial charge in [0.15, 0.2) is 0 Å². The van der Waals surface area contributed by atoms with Crippen LogP contribution in [-0.2, 0) is 0 Å². The van der Waals surface area contributed by atoms with E-state index in [0.717, 1.165) is 27.6 Å². The van der Waals surface area contributed by atoms with Crippen LogP contribution in [0.5, 0.6) is 0 Å². The Balaban J connectivity index is 1.46. The van der Waals surface area contributed by atoms with Gasteiger partial charge in [0.2, 0.25) is 0 Å². The number of rotatable bonds is 5. The molecule has 1 aliphatic heterocycles. The van der Waals surface area contributed by atoms with Crippen LogP contribution in [0.3, 0.4) is 0 Å². The molecule has 37 heavy (non-hydrogen) atoms. The van der Waals surface area contributed by atoms with Gasteiger partial charge in [-0.25, -0.2) is 0 Å². The van der Waals surface area contributed by atoms with Crippen molar-refractivity contribution in [3.63, 3.8) is 0 Å². The molecule has 1 saturated carbocycles. The molecule has 0 saturated heterocycles. The maximum Gasteiger partial charge on any atom is 0.282 e. The van der Waals surface area contributed by atoms with Crippen LogP contribution in [-0.4, -0.2) is 20.5 Å². The third-order valence-corrected chi connectivity index (χ3v) is 9.62. The summed E-state index contributed by atoms with van der Waals surface area (Å²) in [5, 5.41) is 28.7. The number of hydrogen-bond donors (Lipinski definition) is 1. The van der Waals surface area contributed by atoms with Gasteiger partial charge in [0, 0.05) is 35.1 Å². The summed E-state index contributed by atoms with van der Waals surface area (Å²) in [5.74, 6) is -0.106. The van der Waals surface area contributed by atoms with Crippen molar-refractivity contribution in [2.24, 2.45) is 5.92 Å². The van der Waals surface area contributed by atoms with E-state index in [0.29, 0.717) is 11.3 Å². The van der Waals surface area contributed by atoms with Crippen molar-refractivity contribution in [3.05, 3.63) is 116 Å². The Hall–Kier alpha value is -3.62. The first-order chi connectivity index (χ1) is 17.9. The standard InChI is InChI=1S/C28H22ClN3O4S/c29-27-25(37-24-11-4-3-10-23(24)32(35)36)15-21-26(27)20-14-17(31(33)34)12-13-22(20)30-28(21)19-9-5-7-16-6-1-2-8-18(16)19/h1-14,21,25-28,30H,15H2/t21-,25-,26+,27-,28-/m1/s1. The first-order valence-electron chi connectivity index (χ1n) is 12.0. The van der Waals surface area contributed by atoms with E-state index in [4.69, 9.17) is 11.6 Å². The summed E-state index contributed by atoms with van der Waals surface area (Å²) >= 11 is 8.61. The van der Waals surface area contributed by atoms with Crippen molar-refractivity contribution < 1.29 is 9.85 Å². The molecule has 0 spiro atoms. The van der Waals surface area contributed by atoms with E-state index in [-0.39, 0.29) is 49.7 Å². The largest absolute Gasteiger partial charge is 0.378 e. The Morgan fingerprint density at radius 2 is 1.62 bits per heavy atom. The number of para-hydroxylation sites is 1. The summed E-state index contributed by atoms with van der Waals surface area (Å²) in [6.45, 7) is 0. The molecule has 0 unspecified atom stereocenters. The van der Waals surface area contributed by atoms with E-state index in [1.807, 2.05) is 18.2 Å². The number of nitro groups is 2. The van der Waals surface area contributed by atoms with Gasteiger partial charge in [-0.1, -0.05) is 54.6 Å². The molecule has 1 heterocycles. The number of anilines is 1. The van der Waals surface area contributed by atoms with E-state index in [2.05, 4.69) is 29.6 Å². The maximum atomic E-state index is 11.6. The van der Waals surface area contributed by atoms with E-state index in [1.54, 1.807) is 30.3 Å². The SMILES string of the molecule is O=[N+]([O-])c1ccc2c(c1)[C@@H]1[C@H](Cl)[C@H](Sc3ccccc3[N+](=O)[O-])C[C@H]1[C@@H](c1cccc3ccccc13)N2. The molecule has 4 aromatic rings. The fourth-order valence-electron chi connectivity index (χ4n) is 5.92. The first kappa shape index (κ1) is 23.8. The first-order valence-corrected chi connectivity index (χ1v) is 13.3. The molecule has 2 aliphatic rings. The predicted octanol–water partition coefficient (Wildman–Crippen LogP) is 7.69. The van der Waals surface area contributed by atoms with Crippen LogP contribution < -0.4 is 5.32 Å². The smallest absolute Gasteiger partial charge is 0.282 e. The van der Waals surface area contributed by atoms with Crippen molar-refractivity contribution >= 4 is 51.2 Å². The monoisotopic (exact) mass is 531 g/mol. The van der Waals surface area contributed by atoms with Crippen molar-refractivity contribution in [1.82, 2.24) is 0 Å². The van der Waals surface area contributed by atoms with E-state index in [1.165, 1.54) is 23.9 Å². The number of non-ortho nitro benzene ring substituents is 1. The molecular weight excluding hydrogens is 510 g/mol. The molecule has 6 rings (SSSR count). The third-order valence-electron chi connectivity index (χ3n) is 7.51. The van der Waals surface area contributed by atoms with Gasteiger partial charge in [-0.3, -0.25) is 20.2 Å². The van der Waals surface area contributed by atoms with Crippen LogP contribution in [0.25, 0.3) is 10.8 Å². The van der Waals surface area contributed by atoms with E-state index < -0.39 is 0 Å². The maximum absolute atomic E-state index is 11.6. The molecule has 1 N–H and O–H groups in total.